The minimum Gasteiger partial charge on any atom is -0.490 e. The van der Waals surface area contributed by atoms with Gasteiger partial charge in [-0.25, -0.2) is 0 Å². The molecule has 2 unspecified atom stereocenters. The average molecular weight is 541 g/mol. The molecule has 0 spiro atoms. The van der Waals surface area contributed by atoms with E-state index in [0.29, 0.717) is 6.42 Å². The number of ether oxygens (including phenoxy) is 1. The molecule has 39 heavy (non-hydrogen) atoms. The number of nitrogens with zero attached hydrogens (tertiary/aromatic N) is 1. The van der Waals surface area contributed by atoms with E-state index in [-0.39, 0.29) is 48.7 Å². The summed E-state index contributed by atoms with van der Waals surface area (Å²) in [4.78, 5) is 28.2. The van der Waals surface area contributed by atoms with Gasteiger partial charge in [0.05, 0.1) is 19.2 Å². The highest BCUT2D eigenvalue weighted by Gasteiger charge is 2.39. The predicted molar refractivity (Wildman–Crippen MR) is 154 cm³/mol. The Kier molecular flexibility index (Phi) is 11.1. The van der Waals surface area contributed by atoms with Crippen LogP contribution >= 0.6 is 0 Å². The van der Waals surface area contributed by atoms with Gasteiger partial charge in [-0.3, -0.25) is 19.4 Å². The van der Waals surface area contributed by atoms with Gasteiger partial charge in [0.25, 0.3) is 0 Å². The molecule has 3 atom stereocenters. The summed E-state index contributed by atoms with van der Waals surface area (Å²) in [5, 5.41) is 13.8. The minimum atomic E-state index is -0.708. The number of carbonyl (C=O) groups excluding carboxylic acids is 2. The third-order valence-electron chi connectivity index (χ3n) is 7.94. The Hall–Kier alpha value is -3.16. The molecule has 3 N–H and O–H groups in total. The lowest BCUT2D eigenvalue weighted by atomic mass is 9.97. The van der Waals surface area contributed by atoms with E-state index in [2.05, 4.69) is 10.6 Å². The Morgan fingerprint density at radius 2 is 1.97 bits per heavy atom. The van der Waals surface area contributed by atoms with Gasteiger partial charge >= 0.3 is 0 Å². The Balaban J connectivity index is 1.66. The largest absolute Gasteiger partial charge is 0.490 e. The van der Waals surface area contributed by atoms with Crippen molar-refractivity contribution in [2.45, 2.75) is 90.8 Å². The van der Waals surface area contributed by atoms with E-state index in [1.807, 2.05) is 58.0 Å². The Morgan fingerprint density at radius 1 is 1.26 bits per heavy atom. The zero-order valence-corrected chi connectivity index (χ0v) is 24.1. The molecular formula is C31H45FN4O3. The highest BCUT2D eigenvalue weighted by Crippen LogP contribution is 2.28. The molecule has 1 aliphatic carbocycles. The van der Waals surface area contributed by atoms with Gasteiger partial charge in [0.15, 0.2) is 0 Å². The van der Waals surface area contributed by atoms with Gasteiger partial charge in [0.2, 0.25) is 11.8 Å². The lowest BCUT2D eigenvalue weighted by Crippen LogP contribution is -2.48. The standard InChI is InChI=1S/C31H45FN4O3/c1-6-25(30(33)34-5)15-20(2)22(4)35-31(38)27-16-24(18-32)19-36(27)29(37)17-23-12-13-28(21(3)14-23)39-26-10-8-7-9-11-26/h6,12-15,22,24,26-27H,7-11,16-19H2,1-5H3,(H2,33,34)(H,35,38)/b20-15+,25-6+/t22-,24?,27?/m1/s1. The number of amides is 2. The van der Waals surface area contributed by atoms with Crippen LogP contribution in [0, 0.1) is 18.3 Å². The van der Waals surface area contributed by atoms with Crippen molar-refractivity contribution in [2.24, 2.45) is 5.92 Å². The predicted octanol–water partition coefficient (Wildman–Crippen LogP) is 5.03. The van der Waals surface area contributed by atoms with Crippen LogP contribution in [0.2, 0.25) is 0 Å². The summed E-state index contributed by atoms with van der Waals surface area (Å²) in [6.45, 7) is 7.28. The zero-order chi connectivity index (χ0) is 28.5. The molecule has 2 aliphatic rings. The number of alkyl halides is 1. The first-order valence-corrected chi connectivity index (χ1v) is 14.2. The molecule has 1 saturated carbocycles. The number of likely N-dealkylation sites (tertiary alicyclic amines) is 1. The van der Waals surface area contributed by atoms with Gasteiger partial charge < -0.3 is 20.3 Å². The molecule has 0 aromatic heterocycles. The van der Waals surface area contributed by atoms with E-state index in [1.54, 1.807) is 11.9 Å². The number of hydrogen-bond donors (Lipinski definition) is 3. The first kappa shape index (κ1) is 30.4. The summed E-state index contributed by atoms with van der Waals surface area (Å²) in [6.07, 6.45) is 10.2. The molecule has 1 aromatic carbocycles. The number of nitrogens with one attached hydrogen (secondary N) is 3. The molecule has 1 heterocycles. The van der Waals surface area contributed by atoms with Crippen LogP contribution in [0.25, 0.3) is 0 Å². The molecule has 3 rings (SSSR count). The molecule has 1 aliphatic heterocycles. The third-order valence-corrected chi connectivity index (χ3v) is 7.94. The Morgan fingerprint density at radius 3 is 2.59 bits per heavy atom. The molecule has 0 bridgehead atoms. The maximum Gasteiger partial charge on any atom is 0.243 e. The van der Waals surface area contributed by atoms with E-state index in [9.17, 15) is 14.0 Å². The maximum atomic E-state index is 13.6. The van der Waals surface area contributed by atoms with Crippen molar-refractivity contribution in [2.75, 3.05) is 20.3 Å². The van der Waals surface area contributed by atoms with Crippen molar-refractivity contribution >= 4 is 17.6 Å². The van der Waals surface area contributed by atoms with Crippen LogP contribution < -0.4 is 15.4 Å². The fourth-order valence-corrected chi connectivity index (χ4v) is 5.39. The van der Waals surface area contributed by atoms with E-state index < -0.39 is 12.7 Å². The van der Waals surface area contributed by atoms with Crippen molar-refractivity contribution < 1.29 is 18.7 Å². The summed E-state index contributed by atoms with van der Waals surface area (Å²) in [5.74, 6) is 0.341. The Bertz CT molecular complexity index is 1090. The quantitative estimate of drug-likeness (QED) is 0.220. The van der Waals surface area contributed by atoms with Crippen molar-refractivity contribution in [1.82, 2.24) is 15.5 Å². The number of likely N-dealkylation sites (N-methyl/N-ethyl adjacent to an activating group) is 1. The summed E-state index contributed by atoms with van der Waals surface area (Å²) in [5.41, 5.74) is 3.44. The second kappa shape index (κ2) is 14.3. The maximum absolute atomic E-state index is 13.6. The van der Waals surface area contributed by atoms with Crippen LogP contribution in [0.15, 0.2) is 41.5 Å². The number of amidine groups is 1. The van der Waals surface area contributed by atoms with Crippen molar-refractivity contribution in [3.05, 3.63) is 52.6 Å². The molecular weight excluding hydrogens is 495 g/mol. The van der Waals surface area contributed by atoms with Crippen LogP contribution in [-0.4, -0.2) is 61.0 Å². The van der Waals surface area contributed by atoms with Crippen LogP contribution in [0.3, 0.4) is 0 Å². The number of benzene rings is 1. The first-order valence-electron chi connectivity index (χ1n) is 14.2. The number of hydrogen-bond acceptors (Lipinski definition) is 4. The van der Waals surface area contributed by atoms with Gasteiger partial charge in [-0.15, -0.1) is 0 Å². The van der Waals surface area contributed by atoms with E-state index in [0.717, 1.165) is 40.9 Å². The van der Waals surface area contributed by atoms with Gasteiger partial charge in [-0.2, -0.15) is 0 Å². The number of rotatable bonds is 10. The minimum absolute atomic E-state index is 0.151. The normalized spacial score (nSPS) is 21.4. The summed E-state index contributed by atoms with van der Waals surface area (Å²) in [7, 11) is 1.69. The number of carbonyl (C=O) groups is 2. The number of aryl methyl sites for hydroxylation is 1. The van der Waals surface area contributed by atoms with Crippen molar-refractivity contribution in [3.63, 3.8) is 0 Å². The summed E-state index contributed by atoms with van der Waals surface area (Å²) < 4.78 is 19.9. The fourth-order valence-electron chi connectivity index (χ4n) is 5.39. The number of halogens is 1. The Labute approximate surface area is 232 Å². The molecule has 1 saturated heterocycles. The second-order valence-corrected chi connectivity index (χ2v) is 11.0. The van der Waals surface area contributed by atoms with E-state index >= 15 is 0 Å². The van der Waals surface area contributed by atoms with Crippen molar-refractivity contribution in [1.29, 1.82) is 5.41 Å². The van der Waals surface area contributed by atoms with E-state index in [4.69, 9.17) is 10.1 Å². The molecule has 214 valence electrons. The van der Waals surface area contributed by atoms with Gasteiger partial charge in [-0.1, -0.05) is 36.3 Å². The van der Waals surface area contributed by atoms with Gasteiger partial charge in [-0.05, 0) is 77.0 Å². The molecule has 8 heteroatoms. The molecule has 2 amide bonds. The number of allylic oxidation sites excluding steroid dienone is 1. The summed E-state index contributed by atoms with van der Waals surface area (Å²) >= 11 is 0. The smallest absolute Gasteiger partial charge is 0.243 e. The van der Waals surface area contributed by atoms with Gasteiger partial charge in [0, 0.05) is 31.1 Å². The third kappa shape index (κ3) is 8.16. The first-order chi connectivity index (χ1) is 18.7. The summed E-state index contributed by atoms with van der Waals surface area (Å²) in [6, 6.07) is 4.82. The topological polar surface area (TPSA) is 94.5 Å². The molecule has 7 nitrogen and oxygen atoms in total. The van der Waals surface area contributed by atoms with Crippen LogP contribution in [-0.2, 0) is 16.0 Å². The monoisotopic (exact) mass is 540 g/mol. The second-order valence-electron chi connectivity index (χ2n) is 11.0. The average Bonchev–Trinajstić information content (AvgIpc) is 3.38. The van der Waals surface area contributed by atoms with Crippen LogP contribution in [0.1, 0.15) is 70.4 Å². The van der Waals surface area contributed by atoms with Crippen LogP contribution in [0.5, 0.6) is 5.75 Å². The fraction of sp³-hybridized carbons (Fsp3) is 0.581. The zero-order valence-electron chi connectivity index (χ0n) is 24.1. The molecule has 1 aromatic rings. The SMILES string of the molecule is C/C=C(\C=C(/C)[C@@H](C)NC(=O)C1CC(CF)CN1C(=O)Cc1ccc(OC2CCCCC2)c(C)c1)C(=N)NC. The highest BCUT2D eigenvalue weighted by atomic mass is 19.1. The molecule has 2 fully saturated rings. The lowest BCUT2D eigenvalue weighted by Gasteiger charge is -2.26. The van der Waals surface area contributed by atoms with Crippen molar-refractivity contribution in [3.8, 4) is 5.75 Å². The van der Waals surface area contributed by atoms with Gasteiger partial charge in [0.1, 0.15) is 17.6 Å². The molecule has 0 radical (unpaired) electrons. The van der Waals surface area contributed by atoms with Crippen LogP contribution in [0.4, 0.5) is 4.39 Å². The van der Waals surface area contributed by atoms with E-state index in [1.165, 1.54) is 19.3 Å². The highest BCUT2D eigenvalue weighted by molar-refractivity contribution is 5.98. The lowest BCUT2D eigenvalue weighted by molar-refractivity contribution is -0.138.